The molecule has 1 amide bonds. The van der Waals surface area contributed by atoms with E-state index < -0.39 is 5.97 Å². The van der Waals surface area contributed by atoms with E-state index in [9.17, 15) is 9.59 Å². The fourth-order valence-corrected chi connectivity index (χ4v) is 3.29. The number of rotatable bonds is 6. The van der Waals surface area contributed by atoms with E-state index in [1.54, 1.807) is 0 Å². The van der Waals surface area contributed by atoms with Crippen LogP contribution >= 0.6 is 0 Å². The summed E-state index contributed by atoms with van der Waals surface area (Å²) in [6.45, 7) is 1.80. The molecule has 24 heavy (non-hydrogen) atoms. The first kappa shape index (κ1) is 16.8. The molecule has 2 fully saturated rings. The maximum absolute atomic E-state index is 12.6. The highest BCUT2D eigenvalue weighted by Crippen LogP contribution is 2.32. The van der Waals surface area contributed by atoms with Crippen molar-refractivity contribution in [2.24, 2.45) is 0 Å². The first-order valence-corrected chi connectivity index (χ1v) is 8.56. The summed E-state index contributed by atoms with van der Waals surface area (Å²) in [6, 6.07) is 10.1. The molecule has 130 valence electrons. The Bertz CT molecular complexity index is 566. The van der Waals surface area contributed by atoms with Gasteiger partial charge in [0.15, 0.2) is 0 Å². The lowest BCUT2D eigenvalue weighted by atomic mass is 10.0. The smallest absolute Gasteiger partial charge is 0.410 e. The second-order valence-corrected chi connectivity index (χ2v) is 6.58. The number of ether oxygens (including phenoxy) is 1. The van der Waals surface area contributed by atoms with Crippen LogP contribution in [0.3, 0.4) is 0 Å². The molecular weight excluding hydrogens is 308 g/mol. The van der Waals surface area contributed by atoms with Gasteiger partial charge < -0.3 is 14.7 Å². The van der Waals surface area contributed by atoms with Gasteiger partial charge in [0.2, 0.25) is 0 Å². The molecule has 0 aromatic heterocycles. The molecule has 3 rings (SSSR count). The Labute approximate surface area is 142 Å². The van der Waals surface area contributed by atoms with Crippen LogP contribution in [0.5, 0.6) is 0 Å². The highest BCUT2D eigenvalue weighted by molar-refractivity contribution is 5.69. The summed E-state index contributed by atoms with van der Waals surface area (Å²) in [5.74, 6) is -0.797. The standard InChI is InChI=1S/C18H24N2O4/c21-17(22)12-19-10-8-16(9-11-19)20(15-6-7-15)18(23)24-13-14-4-2-1-3-5-14/h1-5,15-16H,6-13H2,(H,21,22). The van der Waals surface area contributed by atoms with E-state index in [2.05, 4.69) is 0 Å². The number of nitrogens with zero attached hydrogens (tertiary/aromatic N) is 2. The number of hydrogen-bond donors (Lipinski definition) is 1. The highest BCUT2D eigenvalue weighted by Gasteiger charge is 2.39. The van der Waals surface area contributed by atoms with Crippen molar-refractivity contribution in [2.45, 2.75) is 44.4 Å². The largest absolute Gasteiger partial charge is 0.480 e. The topological polar surface area (TPSA) is 70.1 Å². The lowest BCUT2D eigenvalue weighted by molar-refractivity contribution is -0.138. The van der Waals surface area contributed by atoms with Gasteiger partial charge in [-0.2, -0.15) is 0 Å². The first-order valence-electron chi connectivity index (χ1n) is 8.56. The third-order valence-electron chi connectivity index (χ3n) is 4.67. The number of amides is 1. The molecule has 0 radical (unpaired) electrons. The summed E-state index contributed by atoms with van der Waals surface area (Å²) in [6.07, 6.45) is 3.46. The molecule has 6 heteroatoms. The zero-order valence-corrected chi connectivity index (χ0v) is 13.8. The second-order valence-electron chi connectivity index (χ2n) is 6.58. The lowest BCUT2D eigenvalue weighted by Crippen LogP contribution is -2.49. The third-order valence-corrected chi connectivity index (χ3v) is 4.67. The number of benzene rings is 1. The van der Waals surface area contributed by atoms with Gasteiger partial charge in [0.25, 0.3) is 0 Å². The van der Waals surface area contributed by atoms with Gasteiger partial charge in [-0.3, -0.25) is 9.69 Å². The third kappa shape index (κ3) is 4.47. The molecule has 1 saturated carbocycles. The minimum Gasteiger partial charge on any atom is -0.480 e. The number of piperidine rings is 1. The number of carboxylic acids is 1. The van der Waals surface area contributed by atoms with E-state index in [1.165, 1.54) is 0 Å². The van der Waals surface area contributed by atoms with Crippen LogP contribution in [0, 0.1) is 0 Å². The summed E-state index contributed by atoms with van der Waals surface area (Å²) in [5, 5.41) is 8.88. The number of likely N-dealkylation sites (tertiary alicyclic amines) is 1. The Morgan fingerprint density at radius 1 is 1.08 bits per heavy atom. The summed E-state index contributed by atoms with van der Waals surface area (Å²) < 4.78 is 5.52. The fraction of sp³-hybridized carbons (Fsp3) is 0.556. The Kier molecular flexibility index (Phi) is 5.35. The normalized spacial score (nSPS) is 19.0. The molecule has 1 aromatic rings. The minimum absolute atomic E-state index is 0.0780. The number of aliphatic carboxylic acids is 1. The van der Waals surface area contributed by atoms with Crippen molar-refractivity contribution in [1.82, 2.24) is 9.80 Å². The zero-order chi connectivity index (χ0) is 16.9. The SMILES string of the molecule is O=C(O)CN1CCC(N(C(=O)OCc2ccccc2)C2CC2)CC1. The van der Waals surface area contributed by atoms with Crippen molar-refractivity contribution in [3.05, 3.63) is 35.9 Å². The zero-order valence-electron chi connectivity index (χ0n) is 13.8. The molecule has 0 unspecified atom stereocenters. The number of carbonyl (C=O) groups is 2. The fourth-order valence-electron chi connectivity index (χ4n) is 3.29. The predicted octanol–water partition coefficient (Wildman–Crippen LogP) is 2.34. The van der Waals surface area contributed by atoms with E-state index in [4.69, 9.17) is 9.84 Å². The number of carboxylic acid groups (broad SMARTS) is 1. The van der Waals surface area contributed by atoms with Crippen LogP contribution in [0.15, 0.2) is 30.3 Å². The quantitative estimate of drug-likeness (QED) is 0.866. The van der Waals surface area contributed by atoms with Crippen molar-refractivity contribution in [3.8, 4) is 0 Å². The maximum Gasteiger partial charge on any atom is 0.410 e. The van der Waals surface area contributed by atoms with Crippen LogP contribution in [0.2, 0.25) is 0 Å². The Hall–Kier alpha value is -2.08. The lowest BCUT2D eigenvalue weighted by Gasteiger charge is -2.37. The van der Waals surface area contributed by atoms with E-state index in [0.717, 1.165) is 31.2 Å². The van der Waals surface area contributed by atoms with Crippen LogP contribution in [0.25, 0.3) is 0 Å². The molecule has 2 aliphatic rings. The van der Waals surface area contributed by atoms with Gasteiger partial charge in [0.1, 0.15) is 6.61 Å². The molecule has 0 spiro atoms. The van der Waals surface area contributed by atoms with Crippen LogP contribution in [0.4, 0.5) is 4.79 Å². The molecule has 1 heterocycles. The van der Waals surface area contributed by atoms with Crippen LogP contribution in [0.1, 0.15) is 31.2 Å². The molecule has 1 aliphatic carbocycles. The van der Waals surface area contributed by atoms with Crippen LogP contribution in [-0.2, 0) is 16.1 Å². The van der Waals surface area contributed by atoms with Gasteiger partial charge in [-0.25, -0.2) is 4.79 Å². The Morgan fingerprint density at radius 2 is 1.71 bits per heavy atom. The molecule has 1 saturated heterocycles. The Morgan fingerprint density at radius 3 is 2.29 bits per heavy atom. The molecule has 1 aliphatic heterocycles. The average Bonchev–Trinajstić information content (AvgIpc) is 3.40. The monoisotopic (exact) mass is 332 g/mol. The summed E-state index contributed by atoms with van der Waals surface area (Å²) in [7, 11) is 0. The maximum atomic E-state index is 12.6. The van der Waals surface area contributed by atoms with Gasteiger partial charge >= 0.3 is 12.1 Å². The predicted molar refractivity (Wildman–Crippen MR) is 88.6 cm³/mol. The summed E-state index contributed by atoms with van der Waals surface area (Å²) >= 11 is 0. The van der Waals surface area contributed by atoms with Gasteiger partial charge in [-0.05, 0) is 31.2 Å². The van der Waals surface area contributed by atoms with Crippen molar-refractivity contribution in [1.29, 1.82) is 0 Å². The molecule has 1 aromatic carbocycles. The van der Waals surface area contributed by atoms with E-state index in [-0.39, 0.29) is 18.7 Å². The van der Waals surface area contributed by atoms with Crippen LogP contribution in [-0.4, -0.2) is 58.7 Å². The first-order chi connectivity index (χ1) is 11.6. The van der Waals surface area contributed by atoms with Gasteiger partial charge in [-0.1, -0.05) is 30.3 Å². The van der Waals surface area contributed by atoms with Crippen molar-refractivity contribution in [2.75, 3.05) is 19.6 Å². The highest BCUT2D eigenvalue weighted by atomic mass is 16.6. The minimum atomic E-state index is -0.797. The van der Waals surface area contributed by atoms with E-state index in [1.807, 2.05) is 40.1 Å². The molecular formula is C18H24N2O4. The van der Waals surface area contributed by atoms with Crippen LogP contribution < -0.4 is 0 Å². The van der Waals surface area contributed by atoms with Gasteiger partial charge in [-0.15, -0.1) is 0 Å². The van der Waals surface area contributed by atoms with Crippen molar-refractivity contribution >= 4 is 12.1 Å². The van der Waals surface area contributed by atoms with E-state index >= 15 is 0 Å². The Balaban J connectivity index is 1.53. The summed E-state index contributed by atoms with van der Waals surface area (Å²) in [4.78, 5) is 27.2. The number of carbonyl (C=O) groups excluding carboxylic acids is 1. The van der Waals surface area contributed by atoms with E-state index in [0.29, 0.717) is 25.7 Å². The van der Waals surface area contributed by atoms with Gasteiger partial charge in [0.05, 0.1) is 6.54 Å². The molecule has 0 atom stereocenters. The summed E-state index contributed by atoms with van der Waals surface area (Å²) in [5.41, 5.74) is 0.984. The van der Waals surface area contributed by atoms with Gasteiger partial charge in [0, 0.05) is 25.2 Å². The number of hydrogen-bond acceptors (Lipinski definition) is 4. The molecule has 0 bridgehead atoms. The molecule has 6 nitrogen and oxygen atoms in total. The van der Waals surface area contributed by atoms with Crippen molar-refractivity contribution in [3.63, 3.8) is 0 Å². The molecule has 1 N–H and O–H groups in total. The average molecular weight is 332 g/mol. The van der Waals surface area contributed by atoms with Crippen molar-refractivity contribution < 1.29 is 19.4 Å². The second kappa shape index (κ2) is 7.66.